The number of rotatable bonds is 4. The fourth-order valence-electron chi connectivity index (χ4n) is 5.11. The van der Waals surface area contributed by atoms with Crippen molar-refractivity contribution in [1.82, 2.24) is 14.7 Å². The van der Waals surface area contributed by atoms with E-state index in [1.165, 1.54) is 29.5 Å². The van der Waals surface area contributed by atoms with E-state index in [-0.39, 0.29) is 6.04 Å². The zero-order valence-electron chi connectivity index (χ0n) is 17.8. The van der Waals surface area contributed by atoms with E-state index < -0.39 is 10.0 Å². The van der Waals surface area contributed by atoms with Gasteiger partial charge in [0.25, 0.3) is 0 Å². The van der Waals surface area contributed by atoms with Crippen molar-refractivity contribution < 1.29 is 8.42 Å². The Morgan fingerprint density at radius 2 is 1.93 bits per heavy atom. The van der Waals surface area contributed by atoms with Crippen molar-refractivity contribution in [2.75, 3.05) is 17.7 Å². The topological polar surface area (TPSA) is 75.2 Å². The van der Waals surface area contributed by atoms with Crippen LogP contribution in [0.1, 0.15) is 67.5 Å². The monoisotopic (exact) mass is 426 g/mol. The molecule has 0 amide bonds. The second-order valence-electron chi connectivity index (χ2n) is 9.08. The highest BCUT2D eigenvalue weighted by molar-refractivity contribution is 7.88. The molecule has 6 nitrogen and oxygen atoms in total. The summed E-state index contributed by atoms with van der Waals surface area (Å²) in [6.07, 6.45) is 9.59. The average Bonchev–Trinajstić information content (AvgIpc) is 3.07. The molecule has 1 aromatic carbocycles. The first-order valence-corrected chi connectivity index (χ1v) is 13.0. The smallest absolute Gasteiger partial charge is 0.226 e. The van der Waals surface area contributed by atoms with E-state index in [1.54, 1.807) is 0 Å². The van der Waals surface area contributed by atoms with Gasteiger partial charge in [0.05, 0.1) is 11.9 Å². The van der Waals surface area contributed by atoms with Crippen LogP contribution in [-0.2, 0) is 29.3 Å². The van der Waals surface area contributed by atoms with Crippen molar-refractivity contribution in [1.29, 1.82) is 0 Å². The van der Waals surface area contributed by atoms with Gasteiger partial charge in [-0.05, 0) is 69.1 Å². The lowest BCUT2D eigenvalue weighted by Gasteiger charge is -2.39. The predicted octanol–water partition coefficient (Wildman–Crippen LogP) is 3.55. The van der Waals surface area contributed by atoms with Crippen molar-refractivity contribution in [2.45, 2.75) is 70.4 Å². The van der Waals surface area contributed by atoms with Crippen molar-refractivity contribution in [3.63, 3.8) is 0 Å². The fraction of sp³-hybridized carbons (Fsp3) is 0.565. The summed E-state index contributed by atoms with van der Waals surface area (Å²) in [5, 5.41) is 0. The minimum atomic E-state index is -3.25. The summed E-state index contributed by atoms with van der Waals surface area (Å²) in [5.74, 6) is 0.871. The maximum Gasteiger partial charge on any atom is 0.226 e. The maximum atomic E-state index is 11.9. The molecule has 5 rings (SSSR count). The average molecular weight is 427 g/mol. The van der Waals surface area contributed by atoms with Gasteiger partial charge < -0.3 is 4.90 Å². The first-order valence-electron chi connectivity index (χ1n) is 11.2. The van der Waals surface area contributed by atoms with Gasteiger partial charge >= 0.3 is 0 Å². The molecule has 0 bridgehead atoms. The van der Waals surface area contributed by atoms with Gasteiger partial charge in [-0.2, -0.15) is 0 Å². The van der Waals surface area contributed by atoms with Gasteiger partial charge in [-0.3, -0.25) is 0 Å². The van der Waals surface area contributed by atoms with Crippen LogP contribution in [0.5, 0.6) is 0 Å². The van der Waals surface area contributed by atoms with Crippen LogP contribution in [0.4, 0.5) is 5.95 Å². The number of fused-ring (bicyclic) bond motifs is 2. The Balaban J connectivity index is 1.56. The SMILES string of the molecule is C[C@H]1CCN1c1nc2c(c(-c3ccc4c(c3)CCCCC4NS(C)(=O)=O)n1)CCC2. The van der Waals surface area contributed by atoms with Gasteiger partial charge in [-0.15, -0.1) is 0 Å². The molecule has 1 fully saturated rings. The summed E-state index contributed by atoms with van der Waals surface area (Å²) in [4.78, 5) is 12.2. The van der Waals surface area contributed by atoms with Crippen LogP contribution < -0.4 is 9.62 Å². The molecule has 0 radical (unpaired) electrons. The first-order chi connectivity index (χ1) is 14.4. The second kappa shape index (κ2) is 7.61. The largest absolute Gasteiger partial charge is 0.338 e. The normalized spacial score (nSPS) is 23.5. The highest BCUT2D eigenvalue weighted by Crippen LogP contribution is 2.37. The van der Waals surface area contributed by atoms with E-state index in [0.717, 1.165) is 74.3 Å². The Morgan fingerprint density at radius 1 is 1.07 bits per heavy atom. The molecule has 30 heavy (non-hydrogen) atoms. The van der Waals surface area contributed by atoms with E-state index >= 15 is 0 Å². The summed E-state index contributed by atoms with van der Waals surface area (Å²) in [7, 11) is -3.25. The summed E-state index contributed by atoms with van der Waals surface area (Å²) in [5.41, 5.74) is 7.08. The predicted molar refractivity (Wildman–Crippen MR) is 119 cm³/mol. The highest BCUT2D eigenvalue weighted by Gasteiger charge is 2.29. The van der Waals surface area contributed by atoms with E-state index in [4.69, 9.17) is 9.97 Å². The molecular weight excluding hydrogens is 396 g/mol. The maximum absolute atomic E-state index is 11.9. The summed E-state index contributed by atoms with van der Waals surface area (Å²) in [6, 6.07) is 6.87. The van der Waals surface area contributed by atoms with Crippen molar-refractivity contribution in [3.05, 3.63) is 40.6 Å². The van der Waals surface area contributed by atoms with Gasteiger partial charge in [-0.25, -0.2) is 23.1 Å². The van der Waals surface area contributed by atoms with Crippen LogP contribution in [0.3, 0.4) is 0 Å². The Labute approximate surface area is 179 Å². The number of hydrogen-bond donors (Lipinski definition) is 1. The quantitative estimate of drug-likeness (QED) is 0.757. The van der Waals surface area contributed by atoms with Crippen LogP contribution in [0.2, 0.25) is 0 Å². The Hall–Kier alpha value is -1.99. The lowest BCUT2D eigenvalue weighted by molar-refractivity contribution is 0.470. The zero-order chi connectivity index (χ0) is 20.9. The summed E-state index contributed by atoms with van der Waals surface area (Å²) in [6.45, 7) is 3.26. The Bertz CT molecular complexity index is 1080. The van der Waals surface area contributed by atoms with Crippen LogP contribution in [-0.4, -0.2) is 37.2 Å². The van der Waals surface area contributed by atoms with Gasteiger partial charge in [0.1, 0.15) is 0 Å². The lowest BCUT2D eigenvalue weighted by atomic mass is 9.95. The molecule has 2 aliphatic carbocycles. The molecule has 1 N–H and O–H groups in total. The fourth-order valence-corrected chi connectivity index (χ4v) is 5.87. The van der Waals surface area contributed by atoms with Gasteiger partial charge in [-0.1, -0.05) is 18.6 Å². The van der Waals surface area contributed by atoms with E-state index in [9.17, 15) is 8.42 Å². The number of aryl methyl sites for hydroxylation is 2. The van der Waals surface area contributed by atoms with E-state index in [1.807, 2.05) is 0 Å². The van der Waals surface area contributed by atoms with Gasteiger partial charge in [0.15, 0.2) is 0 Å². The lowest BCUT2D eigenvalue weighted by Crippen LogP contribution is -2.46. The second-order valence-corrected chi connectivity index (χ2v) is 10.9. The highest BCUT2D eigenvalue weighted by atomic mass is 32.2. The standard InChI is InChI=1S/C23H30N4O2S/c1-15-12-13-27(15)23-24-20-9-5-7-19(20)22(25-23)17-10-11-18-16(14-17)6-3-4-8-21(18)26-30(2,28)29/h10-11,14-15,21,26H,3-9,12-13H2,1-2H3/t15-,21?/m0/s1. The molecule has 160 valence electrons. The Morgan fingerprint density at radius 3 is 2.67 bits per heavy atom. The van der Waals surface area contributed by atoms with Crippen molar-refractivity contribution in [2.24, 2.45) is 0 Å². The molecule has 0 spiro atoms. The van der Waals surface area contributed by atoms with Crippen LogP contribution >= 0.6 is 0 Å². The van der Waals surface area contributed by atoms with Gasteiger partial charge in [0.2, 0.25) is 16.0 Å². The molecule has 0 saturated carbocycles. The van der Waals surface area contributed by atoms with Crippen LogP contribution in [0.15, 0.2) is 18.2 Å². The number of aromatic nitrogens is 2. The number of nitrogens with one attached hydrogen (secondary N) is 1. The Kier molecular flexibility index (Phi) is 5.06. The van der Waals surface area contributed by atoms with Crippen LogP contribution in [0.25, 0.3) is 11.3 Å². The molecule has 2 atom stereocenters. The summed E-state index contributed by atoms with van der Waals surface area (Å²) >= 11 is 0. The number of anilines is 1. The van der Waals surface area contributed by atoms with Gasteiger partial charge in [0, 0.05) is 35.4 Å². The molecule has 1 aliphatic heterocycles. The third-order valence-corrected chi connectivity index (χ3v) is 7.55. The number of benzene rings is 1. The molecule has 7 heteroatoms. The third kappa shape index (κ3) is 3.73. The van der Waals surface area contributed by atoms with Crippen molar-refractivity contribution >= 4 is 16.0 Å². The summed E-state index contributed by atoms with van der Waals surface area (Å²) < 4.78 is 26.6. The molecule has 3 aliphatic rings. The number of nitrogens with zero attached hydrogens (tertiary/aromatic N) is 3. The minimum absolute atomic E-state index is 0.139. The molecule has 1 saturated heterocycles. The zero-order valence-corrected chi connectivity index (χ0v) is 18.6. The van der Waals surface area contributed by atoms with E-state index in [2.05, 4.69) is 34.7 Å². The first kappa shape index (κ1) is 19.9. The minimum Gasteiger partial charge on any atom is -0.338 e. The van der Waals surface area contributed by atoms with Crippen LogP contribution in [0, 0.1) is 0 Å². The third-order valence-electron chi connectivity index (χ3n) is 6.84. The molecular formula is C23H30N4O2S. The van der Waals surface area contributed by atoms with E-state index in [0.29, 0.717) is 6.04 Å². The molecule has 2 aromatic rings. The van der Waals surface area contributed by atoms with Crippen molar-refractivity contribution in [3.8, 4) is 11.3 Å². The molecule has 1 aromatic heterocycles. The number of sulfonamides is 1. The molecule has 1 unspecified atom stereocenters. The molecule has 2 heterocycles. The number of hydrogen-bond acceptors (Lipinski definition) is 5.